The topological polar surface area (TPSA) is 49.4 Å². The van der Waals surface area contributed by atoms with Gasteiger partial charge in [0.05, 0.1) is 17.8 Å². The Morgan fingerprint density at radius 3 is 2.56 bits per heavy atom. The minimum absolute atomic E-state index is 0.108. The summed E-state index contributed by atoms with van der Waals surface area (Å²) in [5.41, 5.74) is 2.83. The van der Waals surface area contributed by atoms with Gasteiger partial charge >= 0.3 is 0 Å². The molecule has 2 aromatic rings. The average Bonchev–Trinajstić information content (AvgIpc) is 3.36. The Kier molecular flexibility index (Phi) is 4.83. The molecule has 0 heterocycles. The SMILES string of the molecule is CC(=O)N(c1ccc(F)cc1NC(=O)Cc1ccccc1C)C1CC1. The molecule has 130 valence electrons. The zero-order valence-corrected chi connectivity index (χ0v) is 14.4. The molecule has 5 heteroatoms. The van der Waals surface area contributed by atoms with Crippen molar-refractivity contribution in [1.82, 2.24) is 0 Å². The minimum Gasteiger partial charge on any atom is -0.324 e. The number of anilines is 2. The van der Waals surface area contributed by atoms with E-state index in [-0.39, 0.29) is 24.3 Å². The van der Waals surface area contributed by atoms with E-state index in [1.54, 1.807) is 11.0 Å². The zero-order chi connectivity index (χ0) is 18.0. The van der Waals surface area contributed by atoms with Crippen LogP contribution >= 0.6 is 0 Å². The van der Waals surface area contributed by atoms with Crippen molar-refractivity contribution < 1.29 is 14.0 Å². The molecule has 1 N–H and O–H groups in total. The molecular formula is C20H21FN2O2. The van der Waals surface area contributed by atoms with E-state index in [9.17, 15) is 14.0 Å². The van der Waals surface area contributed by atoms with E-state index in [0.717, 1.165) is 24.0 Å². The largest absolute Gasteiger partial charge is 0.324 e. The van der Waals surface area contributed by atoms with E-state index >= 15 is 0 Å². The molecule has 0 aliphatic heterocycles. The van der Waals surface area contributed by atoms with Crippen molar-refractivity contribution in [3.8, 4) is 0 Å². The van der Waals surface area contributed by atoms with Crippen molar-refractivity contribution in [3.63, 3.8) is 0 Å². The maximum absolute atomic E-state index is 13.7. The Bertz CT molecular complexity index is 815. The lowest BCUT2D eigenvalue weighted by molar-refractivity contribution is -0.117. The summed E-state index contributed by atoms with van der Waals surface area (Å²) in [6, 6.07) is 11.9. The van der Waals surface area contributed by atoms with Crippen LogP contribution in [0.25, 0.3) is 0 Å². The number of carbonyl (C=O) groups excluding carboxylic acids is 2. The molecule has 2 aromatic carbocycles. The van der Waals surface area contributed by atoms with Crippen LogP contribution in [0.5, 0.6) is 0 Å². The summed E-state index contributed by atoms with van der Waals surface area (Å²) in [5.74, 6) is -0.793. The summed E-state index contributed by atoms with van der Waals surface area (Å²) >= 11 is 0. The van der Waals surface area contributed by atoms with E-state index < -0.39 is 5.82 Å². The van der Waals surface area contributed by atoms with Gasteiger partial charge in [-0.25, -0.2) is 4.39 Å². The lowest BCUT2D eigenvalue weighted by Crippen LogP contribution is -2.32. The first-order valence-electron chi connectivity index (χ1n) is 8.39. The van der Waals surface area contributed by atoms with Crippen LogP contribution in [0.2, 0.25) is 0 Å². The second kappa shape index (κ2) is 7.05. The smallest absolute Gasteiger partial charge is 0.228 e. The molecule has 0 aromatic heterocycles. The van der Waals surface area contributed by atoms with Gasteiger partial charge < -0.3 is 10.2 Å². The van der Waals surface area contributed by atoms with E-state index in [1.807, 2.05) is 31.2 Å². The fraction of sp³-hybridized carbons (Fsp3) is 0.300. The predicted octanol–water partition coefficient (Wildman–Crippen LogP) is 3.83. The van der Waals surface area contributed by atoms with Crippen molar-refractivity contribution in [2.24, 2.45) is 0 Å². The Morgan fingerprint density at radius 1 is 1.20 bits per heavy atom. The predicted molar refractivity (Wildman–Crippen MR) is 96.1 cm³/mol. The average molecular weight is 340 g/mol. The van der Waals surface area contributed by atoms with Crippen molar-refractivity contribution >= 4 is 23.2 Å². The number of rotatable bonds is 5. The van der Waals surface area contributed by atoms with E-state index in [4.69, 9.17) is 0 Å². The lowest BCUT2D eigenvalue weighted by atomic mass is 10.1. The highest BCUT2D eigenvalue weighted by atomic mass is 19.1. The normalized spacial score (nSPS) is 13.4. The fourth-order valence-electron chi connectivity index (χ4n) is 2.95. The number of carbonyl (C=O) groups is 2. The Morgan fingerprint density at radius 2 is 1.92 bits per heavy atom. The molecule has 0 saturated heterocycles. The van der Waals surface area contributed by atoms with Crippen molar-refractivity contribution in [2.75, 3.05) is 10.2 Å². The molecule has 1 aliphatic carbocycles. The quantitative estimate of drug-likeness (QED) is 0.899. The monoisotopic (exact) mass is 340 g/mol. The van der Waals surface area contributed by atoms with Gasteiger partial charge in [0.15, 0.2) is 0 Å². The molecule has 0 unspecified atom stereocenters. The van der Waals surface area contributed by atoms with Gasteiger partial charge in [0, 0.05) is 13.0 Å². The van der Waals surface area contributed by atoms with E-state index in [1.165, 1.54) is 19.1 Å². The molecular weight excluding hydrogens is 319 g/mol. The van der Waals surface area contributed by atoms with Crippen LogP contribution in [-0.4, -0.2) is 17.9 Å². The summed E-state index contributed by atoms with van der Waals surface area (Å²) < 4.78 is 13.7. The first-order valence-corrected chi connectivity index (χ1v) is 8.39. The van der Waals surface area contributed by atoms with Gasteiger partial charge in [-0.15, -0.1) is 0 Å². The number of benzene rings is 2. The third-order valence-electron chi connectivity index (χ3n) is 4.36. The van der Waals surface area contributed by atoms with Crippen molar-refractivity contribution in [1.29, 1.82) is 0 Å². The molecule has 2 amide bonds. The van der Waals surface area contributed by atoms with E-state index in [2.05, 4.69) is 5.32 Å². The summed E-state index contributed by atoms with van der Waals surface area (Å²) in [6.07, 6.45) is 2.05. The summed E-state index contributed by atoms with van der Waals surface area (Å²) in [5, 5.41) is 2.77. The third-order valence-corrected chi connectivity index (χ3v) is 4.36. The number of amides is 2. The van der Waals surface area contributed by atoms with Crippen molar-refractivity contribution in [3.05, 3.63) is 59.4 Å². The molecule has 0 radical (unpaired) electrons. The number of halogens is 1. The zero-order valence-electron chi connectivity index (χ0n) is 14.4. The molecule has 1 fully saturated rings. The molecule has 0 bridgehead atoms. The second-order valence-electron chi connectivity index (χ2n) is 6.43. The van der Waals surface area contributed by atoms with Crippen LogP contribution in [0.1, 0.15) is 30.9 Å². The summed E-state index contributed by atoms with van der Waals surface area (Å²) in [7, 11) is 0. The van der Waals surface area contributed by atoms with Crippen LogP contribution in [0.15, 0.2) is 42.5 Å². The number of nitrogens with zero attached hydrogens (tertiary/aromatic N) is 1. The minimum atomic E-state index is -0.450. The van der Waals surface area contributed by atoms with Crippen LogP contribution in [0, 0.1) is 12.7 Å². The molecule has 25 heavy (non-hydrogen) atoms. The standard InChI is InChI=1S/C20H21FN2O2/c1-13-5-3-4-6-15(13)11-20(25)22-18-12-16(21)7-10-19(18)23(14(2)24)17-8-9-17/h3-7,10,12,17H,8-9,11H2,1-2H3,(H,22,25). The maximum atomic E-state index is 13.7. The van der Waals surface area contributed by atoms with Gasteiger partial charge in [0.25, 0.3) is 0 Å². The third kappa shape index (κ3) is 4.05. The Hall–Kier alpha value is -2.69. The van der Waals surface area contributed by atoms with Gasteiger partial charge in [0.1, 0.15) is 5.82 Å². The van der Waals surface area contributed by atoms with Gasteiger partial charge in [-0.2, -0.15) is 0 Å². The van der Waals surface area contributed by atoms with Crippen molar-refractivity contribution in [2.45, 2.75) is 39.2 Å². The van der Waals surface area contributed by atoms with Gasteiger partial charge in [-0.05, 0) is 49.1 Å². The van der Waals surface area contributed by atoms with Crippen LogP contribution in [0.3, 0.4) is 0 Å². The summed E-state index contributed by atoms with van der Waals surface area (Å²) in [6.45, 7) is 3.43. The molecule has 0 spiro atoms. The first kappa shape index (κ1) is 17.1. The number of aryl methyl sites for hydroxylation is 1. The molecule has 3 rings (SSSR count). The second-order valence-corrected chi connectivity index (χ2v) is 6.43. The number of hydrogen-bond acceptors (Lipinski definition) is 2. The van der Waals surface area contributed by atoms with Gasteiger partial charge in [-0.1, -0.05) is 24.3 Å². The lowest BCUT2D eigenvalue weighted by Gasteiger charge is -2.24. The highest BCUT2D eigenvalue weighted by Gasteiger charge is 2.33. The maximum Gasteiger partial charge on any atom is 0.228 e. The summed E-state index contributed by atoms with van der Waals surface area (Å²) in [4.78, 5) is 26.1. The van der Waals surface area contributed by atoms with Gasteiger partial charge in [0.2, 0.25) is 11.8 Å². The van der Waals surface area contributed by atoms with Gasteiger partial charge in [-0.3, -0.25) is 9.59 Å². The highest BCUT2D eigenvalue weighted by molar-refractivity contribution is 6.01. The fourth-order valence-corrected chi connectivity index (χ4v) is 2.95. The van der Waals surface area contributed by atoms with Crippen LogP contribution in [-0.2, 0) is 16.0 Å². The van der Waals surface area contributed by atoms with Crippen LogP contribution < -0.4 is 10.2 Å². The number of hydrogen-bond donors (Lipinski definition) is 1. The first-order chi connectivity index (χ1) is 12.0. The van der Waals surface area contributed by atoms with E-state index in [0.29, 0.717) is 11.4 Å². The molecule has 0 atom stereocenters. The number of nitrogens with one attached hydrogen (secondary N) is 1. The Balaban J connectivity index is 1.84. The molecule has 4 nitrogen and oxygen atoms in total. The van der Waals surface area contributed by atoms with Crippen LogP contribution in [0.4, 0.5) is 15.8 Å². The highest BCUT2D eigenvalue weighted by Crippen LogP contribution is 2.36. The Labute approximate surface area is 146 Å². The molecule has 1 aliphatic rings. The molecule has 1 saturated carbocycles.